The minimum atomic E-state index is -0.516. The zero-order valence-corrected chi connectivity index (χ0v) is 13.7. The fraction of sp³-hybridized carbons (Fsp3) is 0.150. The van der Waals surface area contributed by atoms with Crippen molar-refractivity contribution in [3.05, 3.63) is 65.2 Å². The smallest absolute Gasteiger partial charge is 0.349 e. The Balaban J connectivity index is 1.89. The van der Waals surface area contributed by atoms with Crippen molar-refractivity contribution in [2.45, 2.75) is 13.3 Å². The molecule has 0 fully saturated rings. The lowest BCUT2D eigenvalue weighted by Gasteiger charge is -2.07. The van der Waals surface area contributed by atoms with E-state index in [-0.39, 0.29) is 12.2 Å². The number of carbonyl (C=O) groups is 1. The molecule has 0 saturated carbocycles. The summed E-state index contributed by atoms with van der Waals surface area (Å²) in [6, 6.07) is 17.6. The molecular weight excluding hydrogens is 316 g/mol. The van der Waals surface area contributed by atoms with Crippen LogP contribution in [-0.4, -0.2) is 12.6 Å². The predicted octanol–water partition coefficient (Wildman–Crippen LogP) is 3.66. The lowest BCUT2D eigenvalue weighted by molar-refractivity contribution is -0.136. The number of benzene rings is 2. The summed E-state index contributed by atoms with van der Waals surface area (Å²) in [5.41, 5.74) is 1.87. The second-order valence-electron chi connectivity index (χ2n) is 5.11. The first kappa shape index (κ1) is 17.8. The van der Waals surface area contributed by atoms with E-state index in [0.717, 1.165) is 6.42 Å². The van der Waals surface area contributed by atoms with Crippen molar-refractivity contribution in [1.82, 2.24) is 0 Å². The molecule has 5 nitrogen and oxygen atoms in total. The van der Waals surface area contributed by atoms with Crippen molar-refractivity contribution < 1.29 is 14.3 Å². The van der Waals surface area contributed by atoms with Crippen LogP contribution in [0.4, 0.5) is 0 Å². The molecule has 0 heterocycles. The van der Waals surface area contributed by atoms with Gasteiger partial charge in [0, 0.05) is 0 Å². The monoisotopic (exact) mass is 332 g/mol. The number of nitrogens with zero attached hydrogens (tertiary/aromatic N) is 2. The van der Waals surface area contributed by atoms with Gasteiger partial charge in [-0.2, -0.15) is 10.5 Å². The number of carbonyl (C=O) groups excluding carboxylic acids is 1. The van der Waals surface area contributed by atoms with Crippen LogP contribution in [0.3, 0.4) is 0 Å². The van der Waals surface area contributed by atoms with Gasteiger partial charge < -0.3 is 9.47 Å². The van der Waals surface area contributed by atoms with E-state index in [4.69, 9.17) is 20.0 Å². The second-order valence-corrected chi connectivity index (χ2v) is 5.11. The van der Waals surface area contributed by atoms with Crippen LogP contribution in [0, 0.1) is 22.7 Å². The molecule has 124 valence electrons. The Morgan fingerprint density at radius 1 is 1.00 bits per heavy atom. The van der Waals surface area contributed by atoms with Gasteiger partial charge in [0.15, 0.2) is 6.61 Å². The predicted molar refractivity (Wildman–Crippen MR) is 92.6 cm³/mol. The summed E-state index contributed by atoms with van der Waals surface area (Å²) >= 11 is 0. The highest BCUT2D eigenvalue weighted by atomic mass is 16.6. The quantitative estimate of drug-likeness (QED) is 0.458. The van der Waals surface area contributed by atoms with Gasteiger partial charge in [-0.1, -0.05) is 31.2 Å². The molecule has 0 unspecified atom stereocenters. The number of aryl methyl sites for hydroxylation is 1. The number of esters is 1. The van der Waals surface area contributed by atoms with Crippen LogP contribution in [0.2, 0.25) is 0 Å². The Kier molecular flexibility index (Phi) is 6.33. The fourth-order valence-electron chi connectivity index (χ4n) is 2.01. The summed E-state index contributed by atoms with van der Waals surface area (Å²) in [6.07, 6.45) is 2.40. The van der Waals surface area contributed by atoms with E-state index in [1.165, 1.54) is 11.6 Å². The minimum Gasteiger partial charge on any atom is -0.482 e. The number of rotatable bonds is 6. The molecule has 0 atom stereocenters. The Labute approximate surface area is 146 Å². The SMILES string of the molecule is CCc1ccc(OCC(=O)Oc2ccc(C=C(C#N)C#N)cc2)cc1. The first-order valence-corrected chi connectivity index (χ1v) is 7.69. The zero-order valence-electron chi connectivity index (χ0n) is 13.7. The molecular formula is C20H16N2O3. The lowest BCUT2D eigenvalue weighted by atomic mass is 10.1. The minimum absolute atomic E-state index is 0.00670. The third-order valence-electron chi connectivity index (χ3n) is 3.35. The first-order chi connectivity index (χ1) is 12.1. The topological polar surface area (TPSA) is 83.1 Å². The number of allylic oxidation sites excluding steroid dienone is 1. The average Bonchev–Trinajstić information content (AvgIpc) is 2.66. The summed E-state index contributed by atoms with van der Waals surface area (Å²) < 4.78 is 10.6. The molecule has 2 aromatic carbocycles. The van der Waals surface area contributed by atoms with Crippen molar-refractivity contribution in [3.63, 3.8) is 0 Å². The summed E-state index contributed by atoms with van der Waals surface area (Å²) in [5, 5.41) is 17.4. The van der Waals surface area contributed by atoms with E-state index in [2.05, 4.69) is 6.92 Å². The maximum Gasteiger partial charge on any atom is 0.349 e. The van der Waals surface area contributed by atoms with Crippen LogP contribution in [0.1, 0.15) is 18.1 Å². The van der Waals surface area contributed by atoms with Gasteiger partial charge in [-0.05, 0) is 47.9 Å². The molecule has 5 heteroatoms. The average molecular weight is 332 g/mol. The third-order valence-corrected chi connectivity index (χ3v) is 3.35. The van der Waals surface area contributed by atoms with Gasteiger partial charge in [0.2, 0.25) is 0 Å². The highest BCUT2D eigenvalue weighted by molar-refractivity contribution is 5.74. The number of hydrogen-bond acceptors (Lipinski definition) is 5. The summed E-state index contributed by atoms with van der Waals surface area (Å²) in [5.74, 6) is 0.454. The molecule has 0 spiro atoms. The molecule has 2 aromatic rings. The molecule has 0 aliphatic rings. The Morgan fingerprint density at radius 2 is 1.60 bits per heavy atom. The molecule has 25 heavy (non-hydrogen) atoms. The van der Waals surface area contributed by atoms with Gasteiger partial charge in [-0.3, -0.25) is 0 Å². The molecule has 0 saturated heterocycles. The van der Waals surface area contributed by atoms with E-state index in [1.54, 1.807) is 36.4 Å². The van der Waals surface area contributed by atoms with Crippen LogP contribution in [0.15, 0.2) is 54.1 Å². The van der Waals surface area contributed by atoms with Crippen molar-refractivity contribution in [3.8, 4) is 23.6 Å². The largest absolute Gasteiger partial charge is 0.482 e. The fourth-order valence-corrected chi connectivity index (χ4v) is 2.01. The summed E-state index contributed by atoms with van der Waals surface area (Å²) in [6.45, 7) is 1.87. The Bertz CT molecular complexity index is 822. The van der Waals surface area contributed by atoms with E-state index in [1.807, 2.05) is 24.3 Å². The third kappa shape index (κ3) is 5.53. The van der Waals surface area contributed by atoms with Crippen LogP contribution in [-0.2, 0) is 11.2 Å². The van der Waals surface area contributed by atoms with Crippen molar-refractivity contribution >= 4 is 12.0 Å². The van der Waals surface area contributed by atoms with Crippen molar-refractivity contribution in [2.75, 3.05) is 6.61 Å². The first-order valence-electron chi connectivity index (χ1n) is 7.69. The molecule has 0 aliphatic carbocycles. The van der Waals surface area contributed by atoms with Crippen LogP contribution < -0.4 is 9.47 Å². The van der Waals surface area contributed by atoms with E-state index < -0.39 is 5.97 Å². The highest BCUT2D eigenvalue weighted by Crippen LogP contribution is 2.16. The van der Waals surface area contributed by atoms with Crippen LogP contribution >= 0.6 is 0 Å². The summed E-state index contributed by atoms with van der Waals surface area (Å²) in [7, 11) is 0. The normalized spacial score (nSPS) is 9.40. The Morgan fingerprint density at radius 3 is 2.16 bits per heavy atom. The van der Waals surface area contributed by atoms with Crippen molar-refractivity contribution in [1.29, 1.82) is 10.5 Å². The lowest BCUT2D eigenvalue weighted by Crippen LogP contribution is -2.17. The van der Waals surface area contributed by atoms with E-state index in [0.29, 0.717) is 17.1 Å². The zero-order chi connectivity index (χ0) is 18.1. The van der Waals surface area contributed by atoms with Gasteiger partial charge in [-0.25, -0.2) is 4.79 Å². The molecule has 2 rings (SSSR count). The van der Waals surface area contributed by atoms with E-state index >= 15 is 0 Å². The van der Waals surface area contributed by atoms with Gasteiger partial charge >= 0.3 is 5.97 Å². The van der Waals surface area contributed by atoms with Gasteiger partial charge in [0.1, 0.15) is 29.2 Å². The second kappa shape index (κ2) is 8.90. The maximum atomic E-state index is 11.8. The van der Waals surface area contributed by atoms with Crippen molar-refractivity contribution in [2.24, 2.45) is 0 Å². The summed E-state index contributed by atoms with van der Waals surface area (Å²) in [4.78, 5) is 11.8. The molecule has 0 amide bonds. The molecule has 0 radical (unpaired) electrons. The van der Waals surface area contributed by atoms with Crippen LogP contribution in [0.25, 0.3) is 6.08 Å². The molecule has 0 aliphatic heterocycles. The standard InChI is InChI=1S/C20H16N2O3/c1-2-15-3-7-18(8-4-15)24-14-20(23)25-19-9-5-16(6-10-19)11-17(12-21)13-22/h3-11H,2,14H2,1H3. The number of hydrogen-bond donors (Lipinski definition) is 0. The van der Waals surface area contributed by atoms with Crippen LogP contribution in [0.5, 0.6) is 11.5 Å². The highest BCUT2D eigenvalue weighted by Gasteiger charge is 2.06. The molecule has 0 bridgehead atoms. The number of ether oxygens (including phenoxy) is 2. The van der Waals surface area contributed by atoms with Gasteiger partial charge in [0.25, 0.3) is 0 Å². The maximum absolute atomic E-state index is 11.8. The molecule has 0 aromatic heterocycles. The molecule has 0 N–H and O–H groups in total. The van der Waals surface area contributed by atoms with E-state index in [9.17, 15) is 4.79 Å². The van der Waals surface area contributed by atoms with Gasteiger partial charge in [0.05, 0.1) is 0 Å². The van der Waals surface area contributed by atoms with Gasteiger partial charge in [-0.15, -0.1) is 0 Å². The Hall–Kier alpha value is -3.57. The number of nitriles is 2.